The fraction of sp³-hybridized carbons (Fsp3) is 0.471. The van der Waals surface area contributed by atoms with Gasteiger partial charge in [0.1, 0.15) is 6.04 Å². The number of carbonyl (C=O) groups excluding carboxylic acids is 3. The van der Waals surface area contributed by atoms with E-state index in [9.17, 15) is 14.4 Å². The molecule has 0 aliphatic carbocycles. The number of aryl methyl sites for hydroxylation is 1. The first kappa shape index (κ1) is 17.9. The van der Waals surface area contributed by atoms with Gasteiger partial charge in [0.15, 0.2) is 0 Å². The smallest absolute Gasteiger partial charge is 0.243 e. The van der Waals surface area contributed by atoms with Gasteiger partial charge in [0.05, 0.1) is 12.6 Å². The Morgan fingerprint density at radius 3 is 2.62 bits per heavy atom. The van der Waals surface area contributed by atoms with E-state index in [2.05, 4.69) is 16.0 Å². The van der Waals surface area contributed by atoms with Crippen molar-refractivity contribution in [3.05, 3.63) is 35.9 Å². The van der Waals surface area contributed by atoms with Gasteiger partial charge >= 0.3 is 0 Å². The average molecular weight is 332 g/mol. The van der Waals surface area contributed by atoms with Gasteiger partial charge in [-0.2, -0.15) is 0 Å². The largest absolute Gasteiger partial charge is 0.368 e. The first-order chi connectivity index (χ1) is 11.6. The Hall–Kier alpha value is -2.41. The van der Waals surface area contributed by atoms with Gasteiger partial charge in [0, 0.05) is 0 Å². The third-order valence-electron chi connectivity index (χ3n) is 4.01. The molecule has 0 saturated carbocycles. The van der Waals surface area contributed by atoms with Gasteiger partial charge in [-0.1, -0.05) is 30.3 Å². The number of nitrogens with two attached hydrogens (primary N) is 1. The summed E-state index contributed by atoms with van der Waals surface area (Å²) < 4.78 is 0. The highest BCUT2D eigenvalue weighted by molar-refractivity contribution is 5.91. The van der Waals surface area contributed by atoms with Crippen LogP contribution in [0.2, 0.25) is 0 Å². The molecule has 0 spiro atoms. The molecule has 130 valence electrons. The molecule has 2 atom stereocenters. The molecule has 1 saturated heterocycles. The van der Waals surface area contributed by atoms with E-state index in [0.29, 0.717) is 12.8 Å². The number of primary amides is 1. The predicted octanol–water partition coefficient (Wildman–Crippen LogP) is -0.542. The van der Waals surface area contributed by atoms with Crippen molar-refractivity contribution in [1.82, 2.24) is 16.0 Å². The second-order valence-electron chi connectivity index (χ2n) is 5.92. The second-order valence-corrected chi connectivity index (χ2v) is 5.92. The van der Waals surface area contributed by atoms with E-state index in [-0.39, 0.29) is 18.5 Å². The molecular formula is C17H24N4O3. The summed E-state index contributed by atoms with van der Waals surface area (Å²) >= 11 is 0. The number of hydrogen-bond acceptors (Lipinski definition) is 4. The van der Waals surface area contributed by atoms with Crippen LogP contribution >= 0.6 is 0 Å². The number of nitrogens with one attached hydrogen (secondary N) is 3. The summed E-state index contributed by atoms with van der Waals surface area (Å²) in [6, 6.07) is 8.77. The Bertz CT molecular complexity index is 570. The molecule has 1 fully saturated rings. The molecule has 0 radical (unpaired) electrons. The van der Waals surface area contributed by atoms with Gasteiger partial charge in [0.25, 0.3) is 0 Å². The zero-order chi connectivity index (χ0) is 17.4. The zero-order valence-electron chi connectivity index (χ0n) is 13.6. The number of carbonyl (C=O) groups is 3. The Balaban J connectivity index is 1.95. The standard InChI is InChI=1S/C17H24N4O3/c18-15(22)11-20-16(23)14(9-8-12-5-2-1-3-6-12)21-17(24)13-7-4-10-19-13/h1-3,5-6,13-14,19H,4,7-11H2,(H2,18,22)(H,20,23)(H,21,24)/t13-,14+/m1/s1. The van der Waals surface area contributed by atoms with Gasteiger partial charge in [-0.25, -0.2) is 0 Å². The summed E-state index contributed by atoms with van der Waals surface area (Å²) in [6.07, 6.45) is 2.81. The highest BCUT2D eigenvalue weighted by Crippen LogP contribution is 2.08. The minimum atomic E-state index is -0.695. The number of hydrogen-bond donors (Lipinski definition) is 4. The highest BCUT2D eigenvalue weighted by Gasteiger charge is 2.27. The molecule has 1 aromatic rings. The van der Waals surface area contributed by atoms with Crippen LogP contribution in [-0.2, 0) is 20.8 Å². The summed E-state index contributed by atoms with van der Waals surface area (Å²) in [4.78, 5) is 35.4. The van der Waals surface area contributed by atoms with Gasteiger partial charge < -0.3 is 21.7 Å². The molecule has 1 aromatic carbocycles. The quantitative estimate of drug-likeness (QED) is 0.512. The monoisotopic (exact) mass is 332 g/mol. The molecular weight excluding hydrogens is 308 g/mol. The van der Waals surface area contributed by atoms with Crippen LogP contribution in [0, 0.1) is 0 Å². The maximum absolute atomic E-state index is 12.3. The molecule has 0 unspecified atom stereocenters. The van der Waals surface area contributed by atoms with Crippen LogP contribution < -0.4 is 21.7 Å². The molecule has 1 aliphatic heterocycles. The van der Waals surface area contributed by atoms with Crippen molar-refractivity contribution in [3.8, 4) is 0 Å². The topological polar surface area (TPSA) is 113 Å². The van der Waals surface area contributed by atoms with Crippen LogP contribution in [0.4, 0.5) is 0 Å². The van der Waals surface area contributed by atoms with Crippen molar-refractivity contribution < 1.29 is 14.4 Å². The summed E-state index contributed by atoms with van der Waals surface area (Å²) in [5.74, 6) is -1.19. The molecule has 0 aromatic heterocycles. The van der Waals surface area contributed by atoms with E-state index in [0.717, 1.165) is 24.9 Å². The molecule has 2 rings (SSSR count). The van der Waals surface area contributed by atoms with Gasteiger partial charge in [-0.15, -0.1) is 0 Å². The minimum Gasteiger partial charge on any atom is -0.368 e. The Kier molecular flexibility index (Phi) is 6.74. The summed E-state index contributed by atoms with van der Waals surface area (Å²) in [5.41, 5.74) is 6.14. The summed E-state index contributed by atoms with van der Waals surface area (Å²) in [5, 5.41) is 8.36. The Labute approximate surface area is 141 Å². The first-order valence-corrected chi connectivity index (χ1v) is 8.20. The average Bonchev–Trinajstić information content (AvgIpc) is 3.12. The van der Waals surface area contributed by atoms with Crippen molar-refractivity contribution in [2.24, 2.45) is 5.73 Å². The van der Waals surface area contributed by atoms with Crippen LogP contribution in [0.1, 0.15) is 24.8 Å². The van der Waals surface area contributed by atoms with Crippen LogP contribution in [0.5, 0.6) is 0 Å². The van der Waals surface area contributed by atoms with Crippen molar-refractivity contribution in [1.29, 1.82) is 0 Å². The second kappa shape index (κ2) is 9.02. The summed E-state index contributed by atoms with van der Waals surface area (Å²) in [6.45, 7) is 0.568. The number of amides is 3. The zero-order valence-corrected chi connectivity index (χ0v) is 13.6. The van der Waals surface area contributed by atoms with Crippen LogP contribution in [0.15, 0.2) is 30.3 Å². The Morgan fingerprint density at radius 2 is 2.00 bits per heavy atom. The molecule has 5 N–H and O–H groups in total. The fourth-order valence-electron chi connectivity index (χ4n) is 2.70. The number of rotatable bonds is 8. The van der Waals surface area contributed by atoms with Crippen molar-refractivity contribution in [2.45, 2.75) is 37.8 Å². The minimum absolute atomic E-state index is 0.181. The number of benzene rings is 1. The van der Waals surface area contributed by atoms with Gasteiger partial charge in [0.2, 0.25) is 17.7 Å². The molecule has 24 heavy (non-hydrogen) atoms. The van der Waals surface area contributed by atoms with Gasteiger partial charge in [-0.05, 0) is 37.8 Å². The lowest BCUT2D eigenvalue weighted by atomic mass is 10.0. The predicted molar refractivity (Wildman–Crippen MR) is 89.9 cm³/mol. The van der Waals surface area contributed by atoms with E-state index in [1.807, 2.05) is 30.3 Å². The first-order valence-electron chi connectivity index (χ1n) is 8.20. The van der Waals surface area contributed by atoms with Crippen molar-refractivity contribution >= 4 is 17.7 Å². The molecule has 3 amide bonds. The van der Waals surface area contributed by atoms with Crippen LogP contribution in [0.25, 0.3) is 0 Å². The maximum Gasteiger partial charge on any atom is 0.243 e. The van der Waals surface area contributed by atoms with E-state index in [1.165, 1.54) is 0 Å². The van der Waals surface area contributed by atoms with E-state index >= 15 is 0 Å². The lowest BCUT2D eigenvalue weighted by molar-refractivity contribution is -0.130. The van der Waals surface area contributed by atoms with Gasteiger partial charge in [-0.3, -0.25) is 14.4 Å². The highest BCUT2D eigenvalue weighted by atomic mass is 16.2. The third kappa shape index (κ3) is 5.66. The fourth-order valence-corrected chi connectivity index (χ4v) is 2.70. The molecule has 1 heterocycles. The lowest BCUT2D eigenvalue weighted by Gasteiger charge is -2.20. The van der Waals surface area contributed by atoms with E-state index in [1.54, 1.807) is 0 Å². The molecule has 7 nitrogen and oxygen atoms in total. The normalized spacial score (nSPS) is 17.9. The SMILES string of the molecule is NC(=O)CNC(=O)[C@H](CCc1ccccc1)NC(=O)[C@H]1CCCN1. The summed E-state index contributed by atoms with van der Waals surface area (Å²) in [7, 11) is 0. The molecule has 7 heteroatoms. The third-order valence-corrected chi connectivity index (χ3v) is 4.01. The lowest BCUT2D eigenvalue weighted by Crippen LogP contribution is -2.52. The molecule has 1 aliphatic rings. The maximum atomic E-state index is 12.3. The Morgan fingerprint density at radius 1 is 1.25 bits per heavy atom. The molecule has 0 bridgehead atoms. The van der Waals surface area contributed by atoms with E-state index in [4.69, 9.17) is 5.73 Å². The van der Waals surface area contributed by atoms with E-state index < -0.39 is 17.9 Å². The van der Waals surface area contributed by atoms with Crippen LogP contribution in [-0.4, -0.2) is 42.9 Å². The van der Waals surface area contributed by atoms with Crippen molar-refractivity contribution in [2.75, 3.05) is 13.1 Å². The van der Waals surface area contributed by atoms with Crippen molar-refractivity contribution in [3.63, 3.8) is 0 Å². The van der Waals surface area contributed by atoms with Crippen LogP contribution in [0.3, 0.4) is 0 Å².